The van der Waals surface area contributed by atoms with Crippen molar-refractivity contribution in [3.05, 3.63) is 36.2 Å². The first-order valence-corrected chi connectivity index (χ1v) is 8.18. The summed E-state index contributed by atoms with van der Waals surface area (Å²) in [5, 5.41) is 3.34. The Morgan fingerprint density at radius 1 is 1.04 bits per heavy atom. The third kappa shape index (κ3) is 4.84. The molecule has 1 aromatic carbocycles. The first-order valence-electron chi connectivity index (χ1n) is 8.18. The predicted molar refractivity (Wildman–Crippen MR) is 95.8 cm³/mol. The Kier molecular flexibility index (Phi) is 6.20. The van der Waals surface area contributed by atoms with Crippen LogP contribution in [-0.4, -0.2) is 30.2 Å². The lowest BCUT2D eigenvalue weighted by Crippen LogP contribution is -2.26. The molecule has 23 heavy (non-hydrogen) atoms. The van der Waals surface area contributed by atoms with Crippen LogP contribution in [0.25, 0.3) is 0 Å². The van der Waals surface area contributed by atoms with E-state index >= 15 is 0 Å². The zero-order chi connectivity index (χ0) is 16.7. The van der Waals surface area contributed by atoms with Crippen molar-refractivity contribution in [1.82, 2.24) is 9.97 Å². The van der Waals surface area contributed by atoms with E-state index in [1.54, 1.807) is 7.11 Å². The molecule has 0 aliphatic heterocycles. The van der Waals surface area contributed by atoms with Gasteiger partial charge in [0.25, 0.3) is 0 Å². The standard InChI is InChI=1S/C18H26N4O/c1-5-11-22(12-6-2)18-13-17(19-14(3)20-18)21-15-7-9-16(23-4)10-8-15/h7-10,13H,5-6,11-12H2,1-4H3,(H,19,20,21). The SMILES string of the molecule is CCCN(CCC)c1cc(Nc2ccc(OC)cc2)nc(C)n1. The van der Waals surface area contributed by atoms with E-state index in [-0.39, 0.29) is 0 Å². The van der Waals surface area contributed by atoms with Gasteiger partial charge in [-0.05, 0) is 44.0 Å². The Balaban J connectivity index is 2.21. The van der Waals surface area contributed by atoms with Crippen LogP contribution in [-0.2, 0) is 0 Å². The van der Waals surface area contributed by atoms with Gasteiger partial charge in [-0.2, -0.15) is 0 Å². The average Bonchev–Trinajstić information content (AvgIpc) is 2.55. The van der Waals surface area contributed by atoms with Gasteiger partial charge in [0, 0.05) is 24.8 Å². The minimum Gasteiger partial charge on any atom is -0.497 e. The molecule has 1 N–H and O–H groups in total. The first-order chi connectivity index (χ1) is 11.2. The highest BCUT2D eigenvalue weighted by Gasteiger charge is 2.09. The van der Waals surface area contributed by atoms with E-state index in [4.69, 9.17) is 4.74 Å². The third-order valence-corrected chi connectivity index (χ3v) is 3.50. The topological polar surface area (TPSA) is 50.3 Å². The molecule has 1 heterocycles. The molecular weight excluding hydrogens is 288 g/mol. The Hall–Kier alpha value is -2.30. The second kappa shape index (κ2) is 8.36. The second-order valence-electron chi connectivity index (χ2n) is 5.50. The number of aromatic nitrogens is 2. The molecule has 0 amide bonds. The highest BCUT2D eigenvalue weighted by molar-refractivity contribution is 5.60. The van der Waals surface area contributed by atoms with Crippen molar-refractivity contribution >= 4 is 17.3 Å². The molecule has 0 aliphatic carbocycles. The summed E-state index contributed by atoms with van der Waals surface area (Å²) in [5.74, 6) is 3.41. The average molecular weight is 314 g/mol. The number of aryl methyl sites for hydroxylation is 1. The van der Waals surface area contributed by atoms with Crippen LogP contribution in [0, 0.1) is 6.92 Å². The first kappa shape index (κ1) is 17.1. The second-order valence-corrected chi connectivity index (χ2v) is 5.50. The van der Waals surface area contributed by atoms with Gasteiger partial charge in [0.05, 0.1) is 7.11 Å². The highest BCUT2D eigenvalue weighted by Crippen LogP contribution is 2.22. The summed E-state index contributed by atoms with van der Waals surface area (Å²) in [6.45, 7) is 8.32. The Labute approximate surface area is 138 Å². The van der Waals surface area contributed by atoms with E-state index in [9.17, 15) is 0 Å². The van der Waals surface area contributed by atoms with Gasteiger partial charge in [-0.25, -0.2) is 9.97 Å². The van der Waals surface area contributed by atoms with Crippen LogP contribution >= 0.6 is 0 Å². The van der Waals surface area contributed by atoms with Gasteiger partial charge in [-0.15, -0.1) is 0 Å². The van der Waals surface area contributed by atoms with Crippen molar-refractivity contribution in [2.75, 3.05) is 30.4 Å². The molecule has 0 aliphatic rings. The lowest BCUT2D eigenvalue weighted by atomic mass is 10.3. The van der Waals surface area contributed by atoms with E-state index in [1.165, 1.54) is 0 Å². The van der Waals surface area contributed by atoms with Gasteiger partial charge in [-0.3, -0.25) is 0 Å². The van der Waals surface area contributed by atoms with Crippen LogP contribution in [0.4, 0.5) is 17.3 Å². The summed E-state index contributed by atoms with van der Waals surface area (Å²) in [5.41, 5.74) is 0.979. The van der Waals surface area contributed by atoms with E-state index in [0.717, 1.165) is 54.8 Å². The van der Waals surface area contributed by atoms with Crippen LogP contribution < -0.4 is 15.0 Å². The van der Waals surface area contributed by atoms with Crippen LogP contribution in [0.2, 0.25) is 0 Å². The van der Waals surface area contributed by atoms with E-state index in [0.29, 0.717) is 0 Å². The summed E-state index contributed by atoms with van der Waals surface area (Å²) in [7, 11) is 1.67. The molecule has 0 radical (unpaired) electrons. The molecule has 124 valence electrons. The quantitative estimate of drug-likeness (QED) is 0.792. The molecule has 2 rings (SSSR count). The van der Waals surface area contributed by atoms with Gasteiger partial charge in [0.2, 0.25) is 0 Å². The number of hydrogen-bond acceptors (Lipinski definition) is 5. The Morgan fingerprint density at radius 2 is 1.70 bits per heavy atom. The molecule has 5 heteroatoms. The molecule has 0 bridgehead atoms. The molecule has 0 atom stereocenters. The van der Waals surface area contributed by atoms with Crippen LogP contribution in [0.1, 0.15) is 32.5 Å². The number of nitrogens with one attached hydrogen (secondary N) is 1. The van der Waals surface area contributed by atoms with Gasteiger partial charge in [-0.1, -0.05) is 13.8 Å². The Bertz CT molecular complexity index is 607. The van der Waals surface area contributed by atoms with Crippen molar-refractivity contribution in [1.29, 1.82) is 0 Å². The van der Waals surface area contributed by atoms with Crippen molar-refractivity contribution in [3.63, 3.8) is 0 Å². The number of nitrogens with zero attached hydrogens (tertiary/aromatic N) is 3. The fourth-order valence-corrected chi connectivity index (χ4v) is 2.48. The van der Waals surface area contributed by atoms with Crippen LogP contribution in [0.3, 0.4) is 0 Å². The van der Waals surface area contributed by atoms with Gasteiger partial charge in [0.1, 0.15) is 23.2 Å². The molecule has 0 fully saturated rings. The normalized spacial score (nSPS) is 10.4. The van der Waals surface area contributed by atoms with Crippen molar-refractivity contribution in [3.8, 4) is 5.75 Å². The molecular formula is C18H26N4O. The number of hydrogen-bond donors (Lipinski definition) is 1. The molecule has 5 nitrogen and oxygen atoms in total. The fraction of sp³-hybridized carbons (Fsp3) is 0.444. The monoisotopic (exact) mass is 314 g/mol. The summed E-state index contributed by atoms with van der Waals surface area (Å²) < 4.78 is 5.18. The van der Waals surface area contributed by atoms with Crippen molar-refractivity contribution in [2.45, 2.75) is 33.6 Å². The maximum Gasteiger partial charge on any atom is 0.136 e. The summed E-state index contributed by atoms with van der Waals surface area (Å²) in [6, 6.07) is 9.83. The number of rotatable bonds is 8. The van der Waals surface area contributed by atoms with Crippen molar-refractivity contribution in [2.24, 2.45) is 0 Å². The molecule has 2 aromatic rings. The Morgan fingerprint density at radius 3 is 2.26 bits per heavy atom. The third-order valence-electron chi connectivity index (χ3n) is 3.50. The maximum absolute atomic E-state index is 5.18. The predicted octanol–water partition coefficient (Wildman–Crippen LogP) is 4.16. The maximum atomic E-state index is 5.18. The summed E-state index contributed by atoms with van der Waals surface area (Å²) in [6.07, 6.45) is 2.20. The lowest BCUT2D eigenvalue weighted by molar-refractivity contribution is 0.415. The zero-order valence-corrected chi connectivity index (χ0v) is 14.5. The highest BCUT2D eigenvalue weighted by atomic mass is 16.5. The molecule has 0 saturated heterocycles. The lowest BCUT2D eigenvalue weighted by Gasteiger charge is -2.23. The van der Waals surface area contributed by atoms with Gasteiger partial charge >= 0.3 is 0 Å². The van der Waals surface area contributed by atoms with Crippen molar-refractivity contribution < 1.29 is 4.74 Å². The minimum atomic E-state index is 0.774. The molecule has 0 spiro atoms. The van der Waals surface area contributed by atoms with E-state index < -0.39 is 0 Å². The molecule has 0 saturated carbocycles. The molecule has 0 unspecified atom stereocenters. The van der Waals surface area contributed by atoms with Crippen LogP contribution in [0.5, 0.6) is 5.75 Å². The van der Waals surface area contributed by atoms with E-state index in [2.05, 4.69) is 34.0 Å². The zero-order valence-electron chi connectivity index (χ0n) is 14.5. The van der Waals surface area contributed by atoms with Gasteiger partial charge in [0.15, 0.2) is 0 Å². The smallest absolute Gasteiger partial charge is 0.136 e. The van der Waals surface area contributed by atoms with E-state index in [1.807, 2.05) is 37.3 Å². The fourth-order valence-electron chi connectivity index (χ4n) is 2.48. The largest absolute Gasteiger partial charge is 0.497 e. The number of anilines is 3. The molecule has 1 aromatic heterocycles. The summed E-state index contributed by atoms with van der Waals surface area (Å²) >= 11 is 0. The number of methoxy groups -OCH3 is 1. The van der Waals surface area contributed by atoms with Gasteiger partial charge < -0.3 is 15.0 Å². The number of benzene rings is 1. The van der Waals surface area contributed by atoms with Crippen LogP contribution in [0.15, 0.2) is 30.3 Å². The number of ether oxygens (including phenoxy) is 1. The summed E-state index contributed by atoms with van der Waals surface area (Å²) in [4.78, 5) is 11.4. The minimum absolute atomic E-state index is 0.774.